The van der Waals surface area contributed by atoms with Crippen molar-refractivity contribution in [2.24, 2.45) is 7.05 Å². The van der Waals surface area contributed by atoms with Gasteiger partial charge in [0.15, 0.2) is 0 Å². The number of amides is 2. The van der Waals surface area contributed by atoms with Gasteiger partial charge in [-0.3, -0.25) is 4.79 Å². The predicted molar refractivity (Wildman–Crippen MR) is 177 cm³/mol. The number of benzene rings is 1. The molecule has 0 saturated carbocycles. The summed E-state index contributed by atoms with van der Waals surface area (Å²) in [5, 5.41) is 4.59. The van der Waals surface area contributed by atoms with Crippen LogP contribution < -0.4 is 5.32 Å². The van der Waals surface area contributed by atoms with Crippen LogP contribution in [0, 0.1) is 0 Å². The van der Waals surface area contributed by atoms with Crippen molar-refractivity contribution in [3.63, 3.8) is 0 Å². The summed E-state index contributed by atoms with van der Waals surface area (Å²) in [6.07, 6.45) is 5.31. The topological polar surface area (TPSA) is 102 Å². The first-order valence-corrected chi connectivity index (χ1v) is 16.2. The third-order valence-corrected chi connectivity index (χ3v) is 9.24. The average molecular weight is 623 g/mol. The maximum absolute atomic E-state index is 14.1. The van der Waals surface area contributed by atoms with Gasteiger partial charge in [-0.25, -0.2) is 19.7 Å². The average Bonchev–Trinajstić information content (AvgIpc) is 3.79. The van der Waals surface area contributed by atoms with Gasteiger partial charge in [0.25, 0.3) is 5.91 Å². The fourth-order valence-corrected chi connectivity index (χ4v) is 7.26. The monoisotopic (exact) mass is 622 g/mol. The number of hydrogen-bond acceptors (Lipinski definition) is 8. The number of nitrogens with one attached hydrogen (secondary N) is 1. The van der Waals surface area contributed by atoms with Gasteiger partial charge in [-0.15, -0.1) is 0 Å². The van der Waals surface area contributed by atoms with Gasteiger partial charge in [0.05, 0.1) is 30.1 Å². The molecule has 10 nitrogen and oxygen atoms in total. The second kappa shape index (κ2) is 11.5. The molecule has 0 radical (unpaired) electrons. The number of carbonyl (C=O) groups excluding carboxylic acids is 2. The van der Waals surface area contributed by atoms with E-state index in [9.17, 15) is 9.59 Å². The number of imide groups is 1. The first-order valence-electron chi connectivity index (χ1n) is 16.2. The molecule has 1 aliphatic carbocycles. The zero-order valence-corrected chi connectivity index (χ0v) is 27.6. The van der Waals surface area contributed by atoms with Crippen molar-refractivity contribution in [3.8, 4) is 11.1 Å². The maximum Gasteiger partial charge on any atom is 0.417 e. The van der Waals surface area contributed by atoms with Crippen LogP contribution in [0.5, 0.6) is 0 Å². The molecule has 1 unspecified atom stereocenters. The van der Waals surface area contributed by atoms with Crippen molar-refractivity contribution in [1.82, 2.24) is 24.3 Å². The summed E-state index contributed by atoms with van der Waals surface area (Å²) in [7, 11) is 6.14. The van der Waals surface area contributed by atoms with Crippen LogP contribution in [0.1, 0.15) is 78.0 Å². The van der Waals surface area contributed by atoms with E-state index in [-0.39, 0.29) is 12.5 Å². The molecule has 1 N–H and O–H groups in total. The van der Waals surface area contributed by atoms with Crippen molar-refractivity contribution in [1.29, 1.82) is 0 Å². The Bertz CT molecular complexity index is 1860. The summed E-state index contributed by atoms with van der Waals surface area (Å²) in [5.41, 5.74) is 8.85. The van der Waals surface area contributed by atoms with Gasteiger partial charge in [-0.1, -0.05) is 12.1 Å². The highest BCUT2D eigenvalue weighted by molar-refractivity contribution is 6.12. The highest BCUT2D eigenvalue weighted by Crippen LogP contribution is 2.43. The van der Waals surface area contributed by atoms with Crippen LogP contribution in [-0.2, 0) is 42.5 Å². The Balaban J connectivity index is 1.34. The van der Waals surface area contributed by atoms with Crippen molar-refractivity contribution in [3.05, 3.63) is 70.2 Å². The van der Waals surface area contributed by atoms with Crippen molar-refractivity contribution in [2.45, 2.75) is 71.1 Å². The van der Waals surface area contributed by atoms with Crippen molar-refractivity contribution < 1.29 is 19.1 Å². The van der Waals surface area contributed by atoms with E-state index in [1.54, 1.807) is 20.8 Å². The Kier molecular flexibility index (Phi) is 7.60. The summed E-state index contributed by atoms with van der Waals surface area (Å²) < 4.78 is 13.6. The molecule has 3 aromatic heterocycles. The number of hydrogen-bond donors (Lipinski definition) is 1. The number of nitrogens with zero attached hydrogens (tertiary/aromatic N) is 5. The highest BCUT2D eigenvalue weighted by atomic mass is 16.6. The van der Waals surface area contributed by atoms with E-state index in [2.05, 4.69) is 34.0 Å². The molecule has 10 heteroatoms. The minimum Gasteiger partial charge on any atom is -0.443 e. The second-order valence-corrected chi connectivity index (χ2v) is 13.9. The lowest BCUT2D eigenvalue weighted by Crippen LogP contribution is -2.37. The SMILES string of the molecule is CN(C)Cc1nc(Nc2ccc(-c3ccnc4c3c3c(n4C)CCC3)c3c2C(=O)N(C(=O)OC(C)(C)C)C3)ccc1C1CCOC1. The van der Waals surface area contributed by atoms with Crippen molar-refractivity contribution in [2.75, 3.05) is 32.6 Å². The first-order chi connectivity index (χ1) is 22.0. The van der Waals surface area contributed by atoms with Gasteiger partial charge in [-0.05, 0) is 107 Å². The van der Waals surface area contributed by atoms with Crippen LogP contribution in [0.25, 0.3) is 22.2 Å². The van der Waals surface area contributed by atoms with E-state index in [0.717, 1.165) is 65.7 Å². The molecule has 240 valence electrons. The van der Waals surface area contributed by atoms with Gasteiger partial charge in [0.2, 0.25) is 0 Å². The molecular weight excluding hydrogens is 580 g/mol. The molecule has 0 spiro atoms. The molecular formula is C36H42N6O4. The zero-order valence-electron chi connectivity index (χ0n) is 27.6. The molecule has 2 aliphatic heterocycles. The van der Waals surface area contributed by atoms with Crippen LogP contribution in [-0.4, -0.2) is 69.2 Å². The van der Waals surface area contributed by atoms with Gasteiger partial charge >= 0.3 is 6.09 Å². The molecule has 46 heavy (non-hydrogen) atoms. The molecule has 1 atom stereocenters. The maximum atomic E-state index is 14.1. The van der Waals surface area contributed by atoms with Gasteiger partial charge in [0.1, 0.15) is 17.1 Å². The predicted octanol–water partition coefficient (Wildman–Crippen LogP) is 6.32. The Morgan fingerprint density at radius 3 is 2.67 bits per heavy atom. The largest absolute Gasteiger partial charge is 0.443 e. The summed E-state index contributed by atoms with van der Waals surface area (Å²) in [4.78, 5) is 40.6. The number of rotatable bonds is 6. The number of carbonyl (C=O) groups is 2. The minimum atomic E-state index is -0.739. The fraction of sp³-hybridized carbons (Fsp3) is 0.444. The lowest BCUT2D eigenvalue weighted by Gasteiger charge is -2.23. The summed E-state index contributed by atoms with van der Waals surface area (Å²) >= 11 is 0. The normalized spacial score (nSPS) is 17.7. The van der Waals surface area contributed by atoms with Crippen LogP contribution in [0.4, 0.5) is 16.3 Å². The van der Waals surface area contributed by atoms with Crippen LogP contribution >= 0.6 is 0 Å². The molecule has 1 fully saturated rings. The molecule has 7 rings (SSSR count). The quantitative estimate of drug-likeness (QED) is 0.267. The standard InChI is InChI=1S/C36H42N6O4/c1-36(2,3)46-35(44)42-18-26-23(24-14-16-37-33-31(24)25-8-7-9-29(25)41(33)6)10-12-27(32(26)34(42)43)38-30-13-11-22(21-15-17-45-20-21)28(39-30)19-40(4)5/h10-14,16,21H,7-9,15,17-20H2,1-6H3,(H,38,39). The van der Waals surface area contributed by atoms with E-state index < -0.39 is 11.7 Å². The molecule has 5 heterocycles. The molecule has 2 amide bonds. The Labute approximate surface area is 269 Å². The number of aromatic nitrogens is 3. The molecule has 1 aromatic carbocycles. The first kappa shape index (κ1) is 30.4. The Morgan fingerprint density at radius 2 is 1.93 bits per heavy atom. The van der Waals surface area contributed by atoms with Gasteiger partial charge in [0, 0.05) is 43.4 Å². The highest BCUT2D eigenvalue weighted by Gasteiger charge is 2.39. The molecule has 3 aliphatic rings. The number of aryl methyl sites for hydroxylation is 2. The number of pyridine rings is 2. The summed E-state index contributed by atoms with van der Waals surface area (Å²) in [6.45, 7) is 7.68. The van der Waals surface area contributed by atoms with E-state index in [1.165, 1.54) is 21.7 Å². The minimum absolute atomic E-state index is 0.118. The number of anilines is 2. The fourth-order valence-electron chi connectivity index (χ4n) is 7.26. The molecule has 1 saturated heterocycles. The van der Waals surface area contributed by atoms with Crippen molar-refractivity contribution >= 4 is 34.5 Å². The number of ether oxygens (including phenoxy) is 2. The van der Waals surface area contributed by atoms with Crippen LogP contribution in [0.3, 0.4) is 0 Å². The lowest BCUT2D eigenvalue weighted by molar-refractivity contribution is 0.0248. The van der Waals surface area contributed by atoms with Crippen LogP contribution in [0.15, 0.2) is 36.5 Å². The Morgan fingerprint density at radius 1 is 1.11 bits per heavy atom. The lowest BCUT2D eigenvalue weighted by atomic mass is 9.93. The molecule has 4 aromatic rings. The third-order valence-electron chi connectivity index (χ3n) is 9.24. The zero-order chi connectivity index (χ0) is 32.3. The number of fused-ring (bicyclic) bond motifs is 4. The van der Waals surface area contributed by atoms with E-state index in [1.807, 2.05) is 38.5 Å². The van der Waals surface area contributed by atoms with E-state index >= 15 is 0 Å². The van der Waals surface area contributed by atoms with E-state index in [0.29, 0.717) is 36.1 Å². The summed E-state index contributed by atoms with van der Waals surface area (Å²) in [5.74, 6) is 0.580. The molecule has 0 bridgehead atoms. The Hall–Kier alpha value is -4.28. The van der Waals surface area contributed by atoms with Gasteiger partial charge < -0.3 is 24.3 Å². The second-order valence-electron chi connectivity index (χ2n) is 13.9. The smallest absolute Gasteiger partial charge is 0.417 e. The van der Waals surface area contributed by atoms with Crippen LogP contribution in [0.2, 0.25) is 0 Å². The third kappa shape index (κ3) is 5.33. The van der Waals surface area contributed by atoms with Gasteiger partial charge in [-0.2, -0.15) is 0 Å². The summed E-state index contributed by atoms with van der Waals surface area (Å²) in [6, 6.07) is 10.1. The van der Waals surface area contributed by atoms with E-state index in [4.69, 9.17) is 19.4 Å².